The second-order valence-corrected chi connectivity index (χ2v) is 9.93. The van der Waals surface area contributed by atoms with Crippen LogP contribution in [0.4, 0.5) is 21.9 Å². The van der Waals surface area contributed by atoms with Gasteiger partial charge >= 0.3 is 6.03 Å². The van der Waals surface area contributed by atoms with Crippen molar-refractivity contribution in [3.05, 3.63) is 53.6 Å². The third-order valence-corrected chi connectivity index (χ3v) is 5.66. The minimum Gasteiger partial charge on any atom is -0.366 e. The van der Waals surface area contributed by atoms with Crippen LogP contribution in [0.5, 0.6) is 0 Å². The normalized spacial score (nSPS) is 13.6. The summed E-state index contributed by atoms with van der Waals surface area (Å²) in [6.07, 6.45) is 2.46. The third kappa shape index (κ3) is 5.88. The lowest BCUT2D eigenvalue weighted by Crippen LogP contribution is -2.43. The van der Waals surface area contributed by atoms with Gasteiger partial charge in [-0.15, -0.1) is 0 Å². The molecule has 6 heteroatoms. The van der Waals surface area contributed by atoms with E-state index in [-0.39, 0.29) is 29.7 Å². The Balaban J connectivity index is 1.96. The van der Waals surface area contributed by atoms with Gasteiger partial charge in [0.2, 0.25) is 0 Å². The molecule has 0 aromatic heterocycles. The molecule has 32 heavy (non-hydrogen) atoms. The highest BCUT2D eigenvalue weighted by Crippen LogP contribution is 2.38. The maximum absolute atomic E-state index is 13.5. The molecule has 2 N–H and O–H groups in total. The van der Waals surface area contributed by atoms with Crippen molar-refractivity contribution in [2.24, 2.45) is 0 Å². The zero-order valence-corrected chi connectivity index (χ0v) is 20.0. The minimum absolute atomic E-state index is 0.0171. The van der Waals surface area contributed by atoms with Crippen LogP contribution < -0.4 is 15.5 Å². The molecule has 0 unspecified atom stereocenters. The number of hydrogen-bond acceptors (Lipinski definition) is 3. The molecule has 1 heterocycles. The molecule has 0 bridgehead atoms. The smallest absolute Gasteiger partial charge is 0.319 e. The van der Waals surface area contributed by atoms with Crippen LogP contribution in [0.15, 0.2) is 42.5 Å². The molecule has 0 saturated heterocycles. The Morgan fingerprint density at radius 2 is 1.62 bits per heavy atom. The Hall–Kier alpha value is -2.86. The highest BCUT2D eigenvalue weighted by Gasteiger charge is 2.28. The number of ether oxygens (including phenoxy) is 1. The maximum atomic E-state index is 13.5. The van der Waals surface area contributed by atoms with E-state index in [2.05, 4.69) is 16.7 Å². The summed E-state index contributed by atoms with van der Waals surface area (Å²) < 4.78 is 5.94. The second-order valence-electron chi connectivity index (χ2n) is 9.93. The van der Waals surface area contributed by atoms with Gasteiger partial charge < -0.3 is 15.4 Å². The zero-order chi connectivity index (χ0) is 23.5. The summed E-state index contributed by atoms with van der Waals surface area (Å²) in [5.41, 5.74) is 3.74. The van der Waals surface area contributed by atoms with Crippen molar-refractivity contribution in [1.82, 2.24) is 5.32 Å². The molecule has 3 amide bonds. The zero-order valence-electron chi connectivity index (χ0n) is 20.0. The number of urea groups is 1. The largest absolute Gasteiger partial charge is 0.366 e. The van der Waals surface area contributed by atoms with E-state index in [1.54, 1.807) is 4.90 Å². The first-order chi connectivity index (χ1) is 15.0. The first-order valence-corrected chi connectivity index (χ1v) is 11.3. The lowest BCUT2D eigenvalue weighted by molar-refractivity contribution is -0.128. The molecule has 1 aliphatic heterocycles. The van der Waals surface area contributed by atoms with Crippen molar-refractivity contribution < 1.29 is 14.3 Å². The van der Waals surface area contributed by atoms with Crippen molar-refractivity contribution in [1.29, 1.82) is 0 Å². The number of aryl methyl sites for hydroxylation is 2. The van der Waals surface area contributed by atoms with Gasteiger partial charge in [0, 0.05) is 11.2 Å². The Labute approximate surface area is 191 Å². The van der Waals surface area contributed by atoms with E-state index >= 15 is 0 Å². The first-order valence-electron chi connectivity index (χ1n) is 11.3. The molecule has 0 atom stereocenters. The number of nitrogens with zero attached hydrogens (tertiary/aromatic N) is 1. The summed E-state index contributed by atoms with van der Waals surface area (Å²) in [6, 6.07) is 13.5. The number of anilines is 3. The Morgan fingerprint density at radius 3 is 2.28 bits per heavy atom. The Kier molecular flexibility index (Phi) is 6.94. The van der Waals surface area contributed by atoms with E-state index in [0.29, 0.717) is 5.69 Å². The summed E-state index contributed by atoms with van der Waals surface area (Å²) in [7, 11) is 0. The molecule has 0 radical (unpaired) electrons. The number of benzene rings is 2. The highest BCUT2D eigenvalue weighted by atomic mass is 16.5. The van der Waals surface area contributed by atoms with E-state index < -0.39 is 0 Å². The molecule has 6 nitrogen and oxygen atoms in total. The molecule has 0 fully saturated rings. The van der Waals surface area contributed by atoms with Crippen LogP contribution >= 0.6 is 0 Å². The lowest BCUT2D eigenvalue weighted by Gasteiger charge is -2.28. The molecule has 0 spiro atoms. The van der Waals surface area contributed by atoms with Gasteiger partial charge in [0.25, 0.3) is 5.91 Å². The van der Waals surface area contributed by atoms with Crippen molar-refractivity contribution in [2.75, 3.05) is 16.8 Å². The molecule has 3 rings (SSSR count). The summed E-state index contributed by atoms with van der Waals surface area (Å²) in [6.45, 7) is 11.8. The fourth-order valence-corrected chi connectivity index (χ4v) is 3.60. The summed E-state index contributed by atoms with van der Waals surface area (Å²) in [5, 5.41) is 5.80. The fourth-order valence-electron chi connectivity index (χ4n) is 3.60. The van der Waals surface area contributed by atoms with Crippen molar-refractivity contribution in [3.8, 4) is 0 Å². The molecule has 2 aromatic rings. The lowest BCUT2D eigenvalue weighted by atomic mass is 10.0. The summed E-state index contributed by atoms with van der Waals surface area (Å²) >= 11 is 0. The number of hydrogen-bond donors (Lipinski definition) is 2. The van der Waals surface area contributed by atoms with Gasteiger partial charge in [-0.1, -0.05) is 31.2 Å². The van der Waals surface area contributed by atoms with Gasteiger partial charge in [0.05, 0.1) is 17.0 Å². The van der Waals surface area contributed by atoms with E-state index in [4.69, 9.17) is 4.74 Å². The van der Waals surface area contributed by atoms with Gasteiger partial charge in [-0.2, -0.15) is 0 Å². The number of carbonyl (C=O) groups is 2. The third-order valence-electron chi connectivity index (χ3n) is 5.66. The fraction of sp³-hybridized carbons (Fsp3) is 0.462. The molecule has 2 aromatic carbocycles. The average molecular weight is 438 g/mol. The molecule has 0 aliphatic carbocycles. The van der Waals surface area contributed by atoms with Gasteiger partial charge in [-0.25, -0.2) is 4.79 Å². The number of nitrogens with one attached hydrogen (secondary N) is 2. The van der Waals surface area contributed by atoms with Crippen molar-refractivity contribution >= 4 is 29.0 Å². The highest BCUT2D eigenvalue weighted by molar-refractivity contribution is 6.04. The average Bonchev–Trinajstić information content (AvgIpc) is 2.87. The number of carbonyl (C=O) groups excluding carboxylic acids is 2. The molecular weight excluding hydrogens is 402 g/mol. The van der Waals surface area contributed by atoms with E-state index in [9.17, 15) is 9.59 Å². The quantitative estimate of drug-likeness (QED) is 0.642. The van der Waals surface area contributed by atoms with Crippen LogP contribution in [0.25, 0.3) is 0 Å². The van der Waals surface area contributed by atoms with E-state index in [1.807, 2.05) is 77.9 Å². The van der Waals surface area contributed by atoms with Crippen LogP contribution in [0.2, 0.25) is 0 Å². The Bertz CT molecular complexity index is 992. The molecular formula is C26H35N3O3. The van der Waals surface area contributed by atoms with Crippen LogP contribution in [0, 0.1) is 0 Å². The number of rotatable bonds is 5. The number of amides is 3. The number of para-hydroxylation sites is 1. The molecule has 0 saturated carbocycles. The molecule has 1 aliphatic rings. The predicted octanol–water partition coefficient (Wildman–Crippen LogP) is 5.58. The first kappa shape index (κ1) is 23.8. The SMILES string of the molecule is CCC(C)(C)OCC(=O)N1c2ccccc2CCc2ccc(NC(=O)NC(C)(C)C)cc21. The van der Waals surface area contributed by atoms with E-state index in [1.165, 1.54) is 0 Å². The predicted molar refractivity (Wildman–Crippen MR) is 130 cm³/mol. The van der Waals surface area contributed by atoms with E-state index in [0.717, 1.165) is 41.8 Å². The maximum Gasteiger partial charge on any atom is 0.319 e. The number of fused-ring (bicyclic) bond motifs is 2. The second kappa shape index (κ2) is 9.33. The van der Waals surface area contributed by atoms with Crippen molar-refractivity contribution in [3.63, 3.8) is 0 Å². The van der Waals surface area contributed by atoms with Crippen LogP contribution in [0.1, 0.15) is 59.1 Å². The topological polar surface area (TPSA) is 70.7 Å². The standard InChI is InChI=1S/C26H35N3O3/c1-7-26(5,6)32-17-23(30)29-21-11-9-8-10-18(21)12-13-19-14-15-20(16-22(19)29)27-24(31)28-25(2,3)4/h8-11,14-16H,7,12-13,17H2,1-6H3,(H2,27,28,31). The summed E-state index contributed by atoms with van der Waals surface area (Å²) in [4.78, 5) is 27.6. The minimum atomic E-state index is -0.377. The Morgan fingerprint density at radius 1 is 0.969 bits per heavy atom. The van der Waals surface area contributed by atoms with Crippen LogP contribution in [-0.4, -0.2) is 29.7 Å². The van der Waals surface area contributed by atoms with Crippen molar-refractivity contribution in [2.45, 2.75) is 71.9 Å². The molecule has 172 valence electrons. The van der Waals surface area contributed by atoms with Gasteiger partial charge in [-0.05, 0) is 83.2 Å². The van der Waals surface area contributed by atoms with Crippen LogP contribution in [0.3, 0.4) is 0 Å². The van der Waals surface area contributed by atoms with Gasteiger partial charge in [-0.3, -0.25) is 9.69 Å². The van der Waals surface area contributed by atoms with Gasteiger partial charge in [0.1, 0.15) is 6.61 Å². The van der Waals surface area contributed by atoms with Gasteiger partial charge in [0.15, 0.2) is 0 Å². The monoisotopic (exact) mass is 437 g/mol. The van der Waals surface area contributed by atoms with Crippen LogP contribution in [-0.2, 0) is 22.4 Å². The summed E-state index contributed by atoms with van der Waals surface area (Å²) in [5.74, 6) is -0.126.